The molecule has 2 aromatic carbocycles. The molecule has 0 radical (unpaired) electrons. The molecule has 7 heteroatoms. The summed E-state index contributed by atoms with van der Waals surface area (Å²) in [5, 5.41) is 3.83. The SMILES string of the molecule is CN(Cc1ccc(N2CCCCC2)cc1)C(=O)CCC[C@H]1NC[C@@H]2C[C@H]1CN(Cc1ccccc1)C2.Cl.Cl. The molecule has 5 rings (SSSR count). The van der Waals surface area contributed by atoms with Crippen LogP contribution in [0.5, 0.6) is 0 Å². The van der Waals surface area contributed by atoms with Gasteiger partial charge in [0.25, 0.3) is 0 Å². The second kappa shape index (κ2) is 15.1. The van der Waals surface area contributed by atoms with Crippen LogP contribution in [-0.4, -0.2) is 61.5 Å². The molecule has 3 aliphatic heterocycles. The number of likely N-dealkylation sites (tertiary alicyclic amines) is 1. The second-order valence-electron chi connectivity index (χ2n) is 11.4. The number of halogens is 2. The highest BCUT2D eigenvalue weighted by molar-refractivity contribution is 5.85. The predicted octanol–water partition coefficient (Wildman–Crippen LogP) is 5.76. The first kappa shape index (κ1) is 30.7. The largest absolute Gasteiger partial charge is 0.372 e. The second-order valence-corrected chi connectivity index (χ2v) is 11.4. The van der Waals surface area contributed by atoms with Crippen molar-refractivity contribution in [2.24, 2.45) is 11.8 Å². The van der Waals surface area contributed by atoms with Crippen LogP contribution >= 0.6 is 24.8 Å². The van der Waals surface area contributed by atoms with Crippen molar-refractivity contribution in [1.82, 2.24) is 15.1 Å². The summed E-state index contributed by atoms with van der Waals surface area (Å²) in [7, 11) is 1.95. The van der Waals surface area contributed by atoms with Crippen LogP contribution in [0.1, 0.15) is 56.1 Å². The molecular formula is C31H46Cl2N4O. The van der Waals surface area contributed by atoms with E-state index in [1.807, 2.05) is 11.9 Å². The van der Waals surface area contributed by atoms with E-state index in [2.05, 4.69) is 69.7 Å². The van der Waals surface area contributed by atoms with Crippen LogP contribution in [0.4, 0.5) is 5.69 Å². The molecule has 3 aliphatic rings. The summed E-state index contributed by atoms with van der Waals surface area (Å²) in [5.74, 6) is 1.73. The summed E-state index contributed by atoms with van der Waals surface area (Å²) in [4.78, 5) is 19.9. The van der Waals surface area contributed by atoms with Gasteiger partial charge in [-0.15, -0.1) is 24.8 Å². The maximum atomic E-state index is 12.9. The number of nitrogens with zero attached hydrogens (tertiary/aromatic N) is 3. The Morgan fingerprint density at radius 3 is 2.42 bits per heavy atom. The predicted molar refractivity (Wildman–Crippen MR) is 162 cm³/mol. The van der Waals surface area contributed by atoms with Gasteiger partial charge in [-0.3, -0.25) is 9.69 Å². The van der Waals surface area contributed by atoms with Gasteiger partial charge in [0.15, 0.2) is 0 Å². The van der Waals surface area contributed by atoms with Crippen molar-refractivity contribution in [2.75, 3.05) is 44.7 Å². The van der Waals surface area contributed by atoms with Gasteiger partial charge in [-0.25, -0.2) is 0 Å². The highest BCUT2D eigenvalue weighted by Crippen LogP contribution is 2.31. The number of carbonyl (C=O) groups is 1. The third-order valence-corrected chi connectivity index (χ3v) is 8.54. The van der Waals surface area contributed by atoms with Crippen molar-refractivity contribution in [3.8, 4) is 0 Å². The van der Waals surface area contributed by atoms with Crippen molar-refractivity contribution in [3.05, 3.63) is 65.7 Å². The van der Waals surface area contributed by atoms with Gasteiger partial charge in [-0.05, 0) is 80.2 Å². The van der Waals surface area contributed by atoms with Crippen molar-refractivity contribution in [2.45, 2.75) is 64.1 Å². The number of anilines is 1. The van der Waals surface area contributed by atoms with Gasteiger partial charge in [-0.1, -0.05) is 42.5 Å². The number of fused-ring (bicyclic) bond motifs is 2. The molecule has 1 amide bonds. The molecular weight excluding hydrogens is 515 g/mol. The lowest BCUT2D eigenvalue weighted by Gasteiger charge is -2.46. The van der Waals surface area contributed by atoms with E-state index in [4.69, 9.17) is 0 Å². The van der Waals surface area contributed by atoms with Crippen molar-refractivity contribution in [1.29, 1.82) is 0 Å². The quantitative estimate of drug-likeness (QED) is 0.423. The zero-order valence-corrected chi connectivity index (χ0v) is 24.5. The van der Waals surface area contributed by atoms with Gasteiger partial charge in [0.1, 0.15) is 0 Å². The summed E-state index contributed by atoms with van der Waals surface area (Å²) in [6.45, 7) is 7.58. The van der Waals surface area contributed by atoms with Crippen molar-refractivity contribution >= 4 is 36.4 Å². The van der Waals surface area contributed by atoms with E-state index in [0.717, 1.165) is 31.8 Å². The molecule has 0 spiro atoms. The van der Waals surface area contributed by atoms with Gasteiger partial charge < -0.3 is 15.1 Å². The van der Waals surface area contributed by atoms with Crippen LogP contribution in [0.2, 0.25) is 0 Å². The molecule has 0 unspecified atom stereocenters. The normalized spacial score (nSPS) is 23.2. The Hall–Kier alpha value is -1.79. The lowest BCUT2D eigenvalue weighted by molar-refractivity contribution is -0.130. The summed E-state index contributed by atoms with van der Waals surface area (Å²) in [5.41, 5.74) is 3.95. The molecule has 1 N–H and O–H groups in total. The Kier molecular flexibility index (Phi) is 12.2. The van der Waals surface area contributed by atoms with Gasteiger partial charge in [0.2, 0.25) is 5.91 Å². The molecule has 3 heterocycles. The summed E-state index contributed by atoms with van der Waals surface area (Å²) >= 11 is 0. The molecule has 3 fully saturated rings. The fraction of sp³-hybridized carbons (Fsp3) is 0.581. The number of hydrogen-bond donors (Lipinski definition) is 1. The summed E-state index contributed by atoms with van der Waals surface area (Å²) < 4.78 is 0. The average molecular weight is 562 g/mol. The Morgan fingerprint density at radius 2 is 1.68 bits per heavy atom. The van der Waals surface area contributed by atoms with Gasteiger partial charge in [0.05, 0.1) is 0 Å². The molecule has 0 aromatic heterocycles. The van der Waals surface area contributed by atoms with E-state index in [0.29, 0.717) is 24.9 Å². The highest BCUT2D eigenvalue weighted by atomic mass is 35.5. The third-order valence-electron chi connectivity index (χ3n) is 8.54. The Labute approximate surface area is 242 Å². The minimum absolute atomic E-state index is 0. The molecule has 5 nitrogen and oxygen atoms in total. The lowest BCUT2D eigenvalue weighted by Crippen LogP contribution is -2.55. The first-order valence-electron chi connectivity index (χ1n) is 14.2. The van der Waals surface area contributed by atoms with Crippen molar-refractivity contribution < 1.29 is 4.79 Å². The lowest BCUT2D eigenvalue weighted by atomic mass is 9.79. The smallest absolute Gasteiger partial charge is 0.222 e. The minimum atomic E-state index is 0. The van der Waals surface area contributed by atoms with E-state index in [-0.39, 0.29) is 30.7 Å². The zero-order chi connectivity index (χ0) is 24.7. The Balaban J connectivity index is 0.00000200. The number of piperidine rings is 3. The van der Waals surface area contributed by atoms with E-state index in [9.17, 15) is 4.79 Å². The van der Waals surface area contributed by atoms with Crippen molar-refractivity contribution in [3.63, 3.8) is 0 Å². The first-order chi connectivity index (χ1) is 17.6. The van der Waals surface area contributed by atoms with E-state index in [1.54, 1.807) is 0 Å². The summed E-state index contributed by atoms with van der Waals surface area (Å²) in [6.07, 6.45) is 7.99. The maximum absolute atomic E-state index is 12.9. The molecule has 38 heavy (non-hydrogen) atoms. The number of benzene rings is 2. The van der Waals surface area contributed by atoms with E-state index >= 15 is 0 Å². The standard InChI is InChI=1S/C31H44N4O.2ClH/c1-33(21-26-13-15-29(16-14-26)35-17-6-3-7-18-35)31(36)12-8-11-30-28-19-27(20-32-30)23-34(24-28)22-25-9-4-2-5-10-25;;/h2,4-5,9-10,13-16,27-28,30,32H,3,6-8,11-12,17-24H2,1H3;2*1H/t27-,28-,30+;;/m0../s1. The third kappa shape index (κ3) is 8.35. The zero-order valence-electron chi connectivity index (χ0n) is 22.9. The molecule has 3 atom stereocenters. The molecule has 0 aliphatic carbocycles. The molecule has 0 saturated carbocycles. The van der Waals surface area contributed by atoms with Crippen LogP contribution in [0, 0.1) is 11.8 Å². The first-order valence-corrected chi connectivity index (χ1v) is 14.2. The van der Waals surface area contributed by atoms with E-state index < -0.39 is 0 Å². The van der Waals surface area contributed by atoms with Crippen LogP contribution in [0.3, 0.4) is 0 Å². The fourth-order valence-electron chi connectivity index (χ4n) is 6.57. The fourth-order valence-corrected chi connectivity index (χ4v) is 6.57. The molecule has 3 saturated heterocycles. The van der Waals surface area contributed by atoms with Gasteiger partial charge >= 0.3 is 0 Å². The number of carbonyl (C=O) groups excluding carboxylic acids is 1. The number of hydrogen-bond acceptors (Lipinski definition) is 4. The monoisotopic (exact) mass is 560 g/mol. The van der Waals surface area contributed by atoms with Crippen LogP contribution in [0.25, 0.3) is 0 Å². The molecule has 2 bridgehead atoms. The van der Waals surface area contributed by atoms with E-state index in [1.165, 1.54) is 68.7 Å². The minimum Gasteiger partial charge on any atom is -0.372 e. The van der Waals surface area contributed by atoms with Gasteiger partial charge in [-0.2, -0.15) is 0 Å². The Bertz CT molecular complexity index is 968. The maximum Gasteiger partial charge on any atom is 0.222 e. The summed E-state index contributed by atoms with van der Waals surface area (Å²) in [6, 6.07) is 20.3. The number of amides is 1. The number of nitrogens with one attached hydrogen (secondary N) is 1. The van der Waals surface area contributed by atoms with Crippen LogP contribution in [-0.2, 0) is 17.9 Å². The molecule has 2 aromatic rings. The van der Waals surface area contributed by atoms with Crippen LogP contribution < -0.4 is 10.2 Å². The molecule has 210 valence electrons. The topological polar surface area (TPSA) is 38.8 Å². The highest BCUT2D eigenvalue weighted by Gasteiger charge is 2.36. The Morgan fingerprint density at radius 1 is 0.947 bits per heavy atom. The average Bonchev–Trinajstić information content (AvgIpc) is 2.91. The number of rotatable bonds is 9. The van der Waals surface area contributed by atoms with Crippen LogP contribution in [0.15, 0.2) is 54.6 Å². The van der Waals surface area contributed by atoms with Gasteiger partial charge in [0, 0.05) is 64.5 Å².